The number of aliphatic hydroxyl groups excluding tert-OH is 1. The molecule has 0 aromatic heterocycles. The lowest BCUT2D eigenvalue weighted by molar-refractivity contribution is 0.0183. The molecule has 4 heteroatoms. The van der Waals surface area contributed by atoms with Gasteiger partial charge in [0.15, 0.2) is 11.6 Å². The van der Waals surface area contributed by atoms with Gasteiger partial charge in [-0.1, -0.05) is 32.3 Å². The van der Waals surface area contributed by atoms with Crippen molar-refractivity contribution in [3.8, 4) is 11.8 Å². The van der Waals surface area contributed by atoms with E-state index in [-0.39, 0.29) is 5.75 Å². The molecule has 0 spiro atoms. The average Bonchev–Trinajstić information content (AvgIpc) is 2.53. The minimum Gasteiger partial charge on any atom is -0.494 e. The molecule has 2 rings (SSSR count). The first kappa shape index (κ1) is 15.8. The van der Waals surface area contributed by atoms with Gasteiger partial charge >= 0.3 is 0 Å². The molecule has 114 valence electrons. The lowest BCUT2D eigenvalue weighted by atomic mass is 9.65. The Hall–Kier alpha value is -1.60. The molecule has 1 saturated carbocycles. The monoisotopic (exact) mass is 291 g/mol. The second kappa shape index (κ2) is 6.44. The smallest absolute Gasteiger partial charge is 0.165 e. The Labute approximate surface area is 125 Å². The van der Waals surface area contributed by atoms with Crippen LogP contribution in [0.1, 0.15) is 50.7 Å². The van der Waals surface area contributed by atoms with E-state index < -0.39 is 17.3 Å². The normalized spacial score (nSPS) is 26.9. The number of halogens is 1. The largest absolute Gasteiger partial charge is 0.494 e. The molecule has 0 bridgehead atoms. The molecule has 1 aliphatic carbocycles. The zero-order valence-electron chi connectivity index (χ0n) is 12.6. The molecule has 1 aromatic rings. The van der Waals surface area contributed by atoms with Gasteiger partial charge in [0.25, 0.3) is 0 Å². The third kappa shape index (κ3) is 3.03. The summed E-state index contributed by atoms with van der Waals surface area (Å²) in [6.45, 7) is 2.11. The summed E-state index contributed by atoms with van der Waals surface area (Å²) in [4.78, 5) is 0. The summed E-state index contributed by atoms with van der Waals surface area (Å²) >= 11 is 0. The summed E-state index contributed by atoms with van der Waals surface area (Å²) < 4.78 is 18.7. The molecule has 21 heavy (non-hydrogen) atoms. The first-order chi connectivity index (χ1) is 10.1. The van der Waals surface area contributed by atoms with Gasteiger partial charge in [-0.25, -0.2) is 4.39 Å². The molecular weight excluding hydrogens is 269 g/mol. The maximum absolute atomic E-state index is 13.8. The summed E-state index contributed by atoms with van der Waals surface area (Å²) in [5.41, 5.74) is -0.355. The van der Waals surface area contributed by atoms with Gasteiger partial charge in [-0.15, -0.1) is 0 Å². The highest BCUT2D eigenvalue weighted by Crippen LogP contribution is 2.48. The molecule has 0 heterocycles. The standard InChI is InChI=1S/C17H22FNO2/c1-3-12-5-4-8-17(10-12,11-19)16(20)13-6-7-15(21-2)14(18)9-13/h6-7,9,12,16,20H,3-5,8,10H2,1-2H3. The van der Waals surface area contributed by atoms with E-state index in [4.69, 9.17) is 4.74 Å². The molecule has 1 N–H and O–H groups in total. The van der Waals surface area contributed by atoms with Crippen LogP contribution in [0.25, 0.3) is 0 Å². The van der Waals surface area contributed by atoms with Crippen molar-refractivity contribution in [2.24, 2.45) is 11.3 Å². The first-order valence-corrected chi connectivity index (χ1v) is 7.49. The maximum atomic E-state index is 13.8. The summed E-state index contributed by atoms with van der Waals surface area (Å²) in [6, 6.07) is 6.74. The fourth-order valence-corrected chi connectivity index (χ4v) is 3.36. The Morgan fingerprint density at radius 3 is 2.90 bits per heavy atom. The van der Waals surface area contributed by atoms with Crippen LogP contribution in [0, 0.1) is 28.5 Å². The van der Waals surface area contributed by atoms with Crippen LogP contribution in [0.5, 0.6) is 5.75 Å². The van der Waals surface area contributed by atoms with E-state index in [0.717, 1.165) is 19.3 Å². The minimum atomic E-state index is -0.961. The van der Waals surface area contributed by atoms with Crippen molar-refractivity contribution >= 4 is 0 Å². The Bertz CT molecular complexity index is 540. The van der Waals surface area contributed by atoms with Gasteiger partial charge < -0.3 is 9.84 Å². The molecule has 0 amide bonds. The van der Waals surface area contributed by atoms with Crippen molar-refractivity contribution in [2.75, 3.05) is 7.11 Å². The van der Waals surface area contributed by atoms with Crippen LogP contribution in [0.15, 0.2) is 18.2 Å². The number of nitriles is 1. The second-order valence-corrected chi connectivity index (χ2v) is 5.94. The molecule has 3 nitrogen and oxygen atoms in total. The number of hydrogen-bond acceptors (Lipinski definition) is 3. The third-order valence-electron chi connectivity index (χ3n) is 4.70. The van der Waals surface area contributed by atoms with Crippen LogP contribution in [0.4, 0.5) is 4.39 Å². The number of methoxy groups -OCH3 is 1. The van der Waals surface area contributed by atoms with Crippen LogP contribution < -0.4 is 4.74 Å². The van der Waals surface area contributed by atoms with Crippen molar-refractivity contribution in [3.63, 3.8) is 0 Å². The van der Waals surface area contributed by atoms with Crippen LogP contribution in [-0.4, -0.2) is 12.2 Å². The Morgan fingerprint density at radius 1 is 1.57 bits per heavy atom. The Balaban J connectivity index is 2.30. The molecule has 0 radical (unpaired) electrons. The summed E-state index contributed by atoms with van der Waals surface area (Å²) in [5.74, 6) is 0.0909. The number of ether oxygens (including phenoxy) is 1. The average molecular weight is 291 g/mol. The van der Waals surface area contributed by atoms with E-state index in [0.29, 0.717) is 24.3 Å². The maximum Gasteiger partial charge on any atom is 0.165 e. The van der Waals surface area contributed by atoms with E-state index in [1.54, 1.807) is 6.07 Å². The second-order valence-electron chi connectivity index (χ2n) is 5.94. The molecule has 1 aromatic carbocycles. The van der Waals surface area contributed by atoms with Gasteiger partial charge in [0.05, 0.1) is 24.7 Å². The highest BCUT2D eigenvalue weighted by Gasteiger charge is 2.43. The van der Waals surface area contributed by atoms with E-state index in [9.17, 15) is 14.8 Å². The highest BCUT2D eigenvalue weighted by molar-refractivity contribution is 5.32. The number of hydrogen-bond donors (Lipinski definition) is 1. The van der Waals surface area contributed by atoms with Gasteiger partial charge in [-0.2, -0.15) is 5.26 Å². The number of benzene rings is 1. The van der Waals surface area contributed by atoms with E-state index >= 15 is 0 Å². The predicted octanol–water partition coefficient (Wildman–Crippen LogP) is 3.98. The van der Waals surface area contributed by atoms with E-state index in [2.05, 4.69) is 13.0 Å². The van der Waals surface area contributed by atoms with Crippen molar-refractivity contribution in [2.45, 2.75) is 45.1 Å². The molecule has 1 aliphatic rings. The van der Waals surface area contributed by atoms with E-state index in [1.165, 1.54) is 19.2 Å². The van der Waals surface area contributed by atoms with Gasteiger partial charge in [-0.05, 0) is 36.5 Å². The van der Waals surface area contributed by atoms with Crippen molar-refractivity contribution in [1.82, 2.24) is 0 Å². The van der Waals surface area contributed by atoms with Crippen molar-refractivity contribution in [1.29, 1.82) is 5.26 Å². The predicted molar refractivity (Wildman–Crippen MR) is 78.2 cm³/mol. The molecule has 0 saturated heterocycles. The number of aliphatic hydroxyl groups is 1. The Kier molecular flexibility index (Phi) is 4.84. The summed E-state index contributed by atoms with van der Waals surface area (Å²) in [6.07, 6.45) is 3.42. The van der Waals surface area contributed by atoms with Crippen molar-refractivity contribution in [3.05, 3.63) is 29.6 Å². The number of rotatable bonds is 4. The Morgan fingerprint density at radius 2 is 2.33 bits per heavy atom. The fraction of sp³-hybridized carbons (Fsp3) is 0.588. The molecular formula is C17H22FNO2. The quantitative estimate of drug-likeness (QED) is 0.913. The van der Waals surface area contributed by atoms with Gasteiger partial charge in [0, 0.05) is 0 Å². The van der Waals surface area contributed by atoms with Gasteiger partial charge in [-0.3, -0.25) is 0 Å². The summed E-state index contributed by atoms with van der Waals surface area (Å²) in [5, 5.41) is 20.3. The number of nitrogens with zero attached hydrogens (tertiary/aromatic N) is 1. The van der Waals surface area contributed by atoms with Gasteiger partial charge in [0.2, 0.25) is 0 Å². The van der Waals surface area contributed by atoms with Crippen LogP contribution in [0.3, 0.4) is 0 Å². The summed E-state index contributed by atoms with van der Waals surface area (Å²) in [7, 11) is 1.40. The van der Waals surface area contributed by atoms with Crippen molar-refractivity contribution < 1.29 is 14.2 Å². The molecule has 3 unspecified atom stereocenters. The lowest BCUT2D eigenvalue weighted by Gasteiger charge is -2.39. The van der Waals surface area contributed by atoms with Gasteiger partial charge in [0.1, 0.15) is 0 Å². The zero-order chi connectivity index (χ0) is 15.5. The van der Waals surface area contributed by atoms with Crippen LogP contribution in [0.2, 0.25) is 0 Å². The topological polar surface area (TPSA) is 53.2 Å². The molecule has 0 aliphatic heterocycles. The van der Waals surface area contributed by atoms with Crippen LogP contribution >= 0.6 is 0 Å². The minimum absolute atomic E-state index is 0.145. The van der Waals surface area contributed by atoms with E-state index in [1.807, 2.05) is 0 Å². The molecule has 1 fully saturated rings. The zero-order valence-corrected chi connectivity index (χ0v) is 12.6. The molecule has 3 atom stereocenters. The highest BCUT2D eigenvalue weighted by atomic mass is 19.1. The SMILES string of the molecule is CCC1CCCC(C#N)(C(O)c2ccc(OC)c(F)c2)C1. The van der Waals surface area contributed by atoms with Crippen LogP contribution in [-0.2, 0) is 0 Å². The fourth-order valence-electron chi connectivity index (χ4n) is 3.36. The third-order valence-corrected chi connectivity index (χ3v) is 4.70. The lowest BCUT2D eigenvalue weighted by Crippen LogP contribution is -2.33. The first-order valence-electron chi connectivity index (χ1n) is 7.49.